The van der Waals surface area contributed by atoms with Crippen molar-refractivity contribution in [2.75, 3.05) is 17.8 Å². The van der Waals surface area contributed by atoms with Crippen molar-refractivity contribution < 1.29 is 0 Å². The van der Waals surface area contributed by atoms with Gasteiger partial charge >= 0.3 is 0 Å². The summed E-state index contributed by atoms with van der Waals surface area (Å²) in [7, 11) is 0. The highest BCUT2D eigenvalue weighted by Crippen LogP contribution is 2.25. The lowest BCUT2D eigenvalue weighted by Crippen LogP contribution is -2.32. The fraction of sp³-hybridized carbons (Fsp3) is 0.125. The molecule has 0 unspecified atom stereocenters. The Bertz CT molecular complexity index is 548. The van der Waals surface area contributed by atoms with Crippen molar-refractivity contribution in [1.29, 1.82) is 10.5 Å². The largest absolute Gasteiger partial charge is 0.382 e. The van der Waals surface area contributed by atoms with Crippen LogP contribution in [0.15, 0.2) is 9.69 Å². The van der Waals surface area contributed by atoms with E-state index in [1.165, 1.54) is 0 Å². The molecule has 15 heavy (non-hydrogen) atoms. The number of nitrogens with zero attached hydrogens (tertiary/aromatic N) is 3. The van der Waals surface area contributed by atoms with Crippen LogP contribution in [0.2, 0.25) is 0 Å². The molecule has 0 aliphatic carbocycles. The van der Waals surface area contributed by atoms with Crippen LogP contribution >= 0.6 is 11.8 Å². The topological polar surface area (TPSA) is 122 Å². The predicted molar refractivity (Wildman–Crippen MR) is 56.5 cm³/mol. The minimum atomic E-state index is -0.696. The zero-order valence-electron chi connectivity index (χ0n) is 7.81. The van der Waals surface area contributed by atoms with Crippen LogP contribution in [0.1, 0.15) is 11.1 Å². The normalized spacial score (nSPS) is 9.27. The highest BCUT2D eigenvalue weighted by atomic mass is 32.2. The number of nitrogens with two attached hydrogens (primary N) is 2. The van der Waals surface area contributed by atoms with Gasteiger partial charge in [-0.1, -0.05) is 0 Å². The molecule has 1 heterocycles. The summed E-state index contributed by atoms with van der Waals surface area (Å²) in [6.45, 7) is 0. The van der Waals surface area contributed by atoms with Gasteiger partial charge in [-0.15, -0.1) is 11.8 Å². The number of anilines is 1. The SMILES string of the molecule is CSc1c(C#N)c(N)n(N)c(=O)c1C#N. The molecule has 0 spiro atoms. The summed E-state index contributed by atoms with van der Waals surface area (Å²) in [5.74, 6) is 5.19. The summed E-state index contributed by atoms with van der Waals surface area (Å²) in [4.78, 5) is 11.7. The summed E-state index contributed by atoms with van der Waals surface area (Å²) < 4.78 is 0.608. The summed E-state index contributed by atoms with van der Waals surface area (Å²) in [6, 6.07) is 3.54. The van der Waals surface area contributed by atoms with Gasteiger partial charge in [-0.3, -0.25) is 4.79 Å². The Kier molecular flexibility index (Phi) is 2.88. The number of rotatable bonds is 1. The molecule has 0 aromatic carbocycles. The first-order valence-electron chi connectivity index (χ1n) is 3.76. The third-order valence-electron chi connectivity index (χ3n) is 1.83. The van der Waals surface area contributed by atoms with Crippen LogP contribution < -0.4 is 17.1 Å². The minimum absolute atomic E-state index is 0.0566. The summed E-state index contributed by atoms with van der Waals surface area (Å²) in [5.41, 5.74) is 4.69. The fourth-order valence-electron chi connectivity index (χ4n) is 1.10. The van der Waals surface area contributed by atoms with Gasteiger partial charge < -0.3 is 11.6 Å². The van der Waals surface area contributed by atoms with E-state index in [1.54, 1.807) is 12.3 Å². The van der Waals surface area contributed by atoms with E-state index >= 15 is 0 Å². The second-order valence-corrected chi connectivity index (χ2v) is 3.38. The van der Waals surface area contributed by atoms with Gasteiger partial charge in [0.2, 0.25) is 0 Å². The van der Waals surface area contributed by atoms with Crippen LogP contribution in [0.5, 0.6) is 0 Å². The molecule has 1 rings (SSSR count). The highest BCUT2D eigenvalue weighted by Gasteiger charge is 2.18. The quantitative estimate of drug-likeness (QED) is 0.492. The molecule has 1 aromatic heterocycles. The van der Waals surface area contributed by atoms with Crippen LogP contribution in [-0.4, -0.2) is 10.9 Å². The standard InChI is InChI=1S/C8H7N5OS/c1-15-6-4(2-9)7(11)13(12)8(14)5(6)3-10/h11-12H2,1H3. The summed E-state index contributed by atoms with van der Waals surface area (Å²) in [6.07, 6.45) is 1.65. The Balaban J connectivity index is 3.88. The lowest BCUT2D eigenvalue weighted by molar-refractivity contribution is 0.922. The molecule has 0 fully saturated rings. The van der Waals surface area contributed by atoms with Gasteiger partial charge in [0.05, 0.1) is 4.90 Å². The molecule has 1 aromatic rings. The number of hydrogen-bond acceptors (Lipinski definition) is 6. The monoisotopic (exact) mass is 221 g/mol. The van der Waals surface area contributed by atoms with Crippen molar-refractivity contribution >= 4 is 17.6 Å². The van der Waals surface area contributed by atoms with Crippen molar-refractivity contribution in [1.82, 2.24) is 4.68 Å². The molecule has 0 saturated heterocycles. The maximum atomic E-state index is 11.5. The van der Waals surface area contributed by atoms with Crippen LogP contribution in [0.25, 0.3) is 0 Å². The first-order chi connectivity index (χ1) is 7.08. The third-order valence-corrected chi connectivity index (χ3v) is 2.65. The molecular weight excluding hydrogens is 214 g/mol. The molecule has 0 aliphatic heterocycles. The molecule has 76 valence electrons. The molecule has 0 radical (unpaired) electrons. The second-order valence-electron chi connectivity index (χ2n) is 2.57. The molecule has 7 heteroatoms. The average molecular weight is 221 g/mol. The van der Waals surface area contributed by atoms with Crippen molar-refractivity contribution in [3.63, 3.8) is 0 Å². The number of nitriles is 2. The zero-order chi connectivity index (χ0) is 11.6. The van der Waals surface area contributed by atoms with E-state index in [9.17, 15) is 4.79 Å². The number of aromatic nitrogens is 1. The van der Waals surface area contributed by atoms with Gasteiger partial charge in [-0.05, 0) is 6.26 Å². The van der Waals surface area contributed by atoms with E-state index in [0.717, 1.165) is 11.8 Å². The van der Waals surface area contributed by atoms with E-state index in [-0.39, 0.29) is 21.8 Å². The van der Waals surface area contributed by atoms with Crippen LogP contribution in [-0.2, 0) is 0 Å². The zero-order valence-corrected chi connectivity index (χ0v) is 8.63. The molecule has 0 bridgehead atoms. The van der Waals surface area contributed by atoms with Crippen molar-refractivity contribution in [2.45, 2.75) is 4.90 Å². The Labute approximate surface area is 89.7 Å². The summed E-state index contributed by atoms with van der Waals surface area (Å²) in [5, 5.41) is 17.6. The number of thioether (sulfide) groups is 1. The van der Waals surface area contributed by atoms with Crippen LogP contribution in [0.3, 0.4) is 0 Å². The molecule has 4 N–H and O–H groups in total. The maximum Gasteiger partial charge on any atom is 0.289 e. The Morgan fingerprint density at radius 3 is 2.27 bits per heavy atom. The third kappa shape index (κ3) is 1.49. The van der Waals surface area contributed by atoms with Gasteiger partial charge in [0.1, 0.15) is 29.1 Å². The molecule has 0 amide bonds. The molecule has 0 saturated carbocycles. The van der Waals surface area contributed by atoms with Crippen molar-refractivity contribution in [3.05, 3.63) is 21.5 Å². The molecule has 0 aliphatic rings. The van der Waals surface area contributed by atoms with Gasteiger partial charge in [0, 0.05) is 0 Å². The van der Waals surface area contributed by atoms with E-state index in [4.69, 9.17) is 22.1 Å². The van der Waals surface area contributed by atoms with Gasteiger partial charge in [-0.2, -0.15) is 10.5 Å². The summed E-state index contributed by atoms with van der Waals surface area (Å²) >= 11 is 1.11. The number of pyridine rings is 1. The highest BCUT2D eigenvalue weighted by molar-refractivity contribution is 7.98. The predicted octanol–water partition coefficient (Wildman–Crippen LogP) is -0.390. The lowest BCUT2D eigenvalue weighted by atomic mass is 10.2. The van der Waals surface area contributed by atoms with E-state index in [1.807, 2.05) is 6.07 Å². The molecule has 0 atom stereocenters. The number of nitrogen functional groups attached to an aromatic ring is 2. The first-order valence-corrected chi connectivity index (χ1v) is 4.98. The lowest BCUT2D eigenvalue weighted by Gasteiger charge is -2.09. The van der Waals surface area contributed by atoms with E-state index in [0.29, 0.717) is 4.68 Å². The Hall–Kier alpha value is -2.12. The average Bonchev–Trinajstić information content (AvgIpc) is 2.25. The molecule has 6 nitrogen and oxygen atoms in total. The van der Waals surface area contributed by atoms with Gasteiger partial charge in [-0.25, -0.2) is 4.68 Å². The Morgan fingerprint density at radius 2 is 1.87 bits per heavy atom. The van der Waals surface area contributed by atoms with Crippen molar-refractivity contribution in [2.24, 2.45) is 0 Å². The fourth-order valence-corrected chi connectivity index (χ4v) is 1.79. The maximum absolute atomic E-state index is 11.5. The van der Waals surface area contributed by atoms with E-state index < -0.39 is 5.56 Å². The van der Waals surface area contributed by atoms with E-state index in [2.05, 4.69) is 0 Å². The number of hydrogen-bond donors (Lipinski definition) is 2. The van der Waals surface area contributed by atoms with Gasteiger partial charge in [0.15, 0.2) is 0 Å². The van der Waals surface area contributed by atoms with Crippen molar-refractivity contribution in [3.8, 4) is 12.1 Å². The second kappa shape index (κ2) is 3.95. The minimum Gasteiger partial charge on any atom is -0.382 e. The Morgan fingerprint density at radius 1 is 1.33 bits per heavy atom. The smallest absolute Gasteiger partial charge is 0.289 e. The van der Waals surface area contributed by atoms with Crippen LogP contribution in [0, 0.1) is 22.7 Å². The molecular formula is C8H7N5OS. The first kappa shape index (κ1) is 11.0. The van der Waals surface area contributed by atoms with Gasteiger partial charge in [0.25, 0.3) is 5.56 Å². The van der Waals surface area contributed by atoms with Crippen LogP contribution in [0.4, 0.5) is 5.82 Å².